The number of likely N-dealkylation sites (tertiary alicyclic amines) is 1. The maximum atomic E-state index is 13.9. The van der Waals surface area contributed by atoms with E-state index in [1.165, 1.54) is 12.1 Å². The van der Waals surface area contributed by atoms with E-state index in [0.717, 1.165) is 84.5 Å². The zero-order valence-electron chi connectivity index (χ0n) is 20.5. The number of hydrogen-bond acceptors (Lipinski definition) is 3. The van der Waals surface area contributed by atoms with Crippen molar-refractivity contribution in [1.29, 1.82) is 0 Å². The van der Waals surface area contributed by atoms with Gasteiger partial charge in [0.15, 0.2) is 5.75 Å². The first-order valence-corrected chi connectivity index (χ1v) is 13.1. The number of fused-ring (bicyclic) bond motifs is 1. The number of nitrogens with zero attached hydrogens (tertiary/aromatic N) is 1. The van der Waals surface area contributed by atoms with Gasteiger partial charge < -0.3 is 4.74 Å². The smallest absolute Gasteiger partial charge is 0.172 e. The van der Waals surface area contributed by atoms with Gasteiger partial charge in [0.2, 0.25) is 0 Å². The molecule has 1 aliphatic heterocycles. The molecule has 0 radical (unpaired) electrons. The maximum Gasteiger partial charge on any atom is 0.172 e. The van der Waals surface area contributed by atoms with Crippen LogP contribution in [-0.2, 0) is 6.42 Å². The number of hydrogen-bond donors (Lipinski definition) is 0. The Labute approximate surface area is 220 Å². The molecule has 0 spiro atoms. The van der Waals surface area contributed by atoms with Gasteiger partial charge in [0, 0.05) is 24.2 Å². The van der Waals surface area contributed by atoms with Gasteiger partial charge in [-0.2, -0.15) is 0 Å². The molecule has 0 saturated carbocycles. The highest BCUT2D eigenvalue weighted by molar-refractivity contribution is 6.32. The fourth-order valence-corrected chi connectivity index (χ4v) is 5.70. The van der Waals surface area contributed by atoms with Crippen LogP contribution in [0.3, 0.4) is 0 Å². The second-order valence-corrected chi connectivity index (χ2v) is 10.0. The van der Waals surface area contributed by atoms with Gasteiger partial charge in [-0.15, -0.1) is 0 Å². The molecule has 0 N–H and O–H groups in total. The summed E-state index contributed by atoms with van der Waals surface area (Å²) in [6.45, 7) is 2.17. The average molecular weight is 528 g/mol. The summed E-state index contributed by atoms with van der Waals surface area (Å²) in [5.74, 6) is 0.562. The highest BCUT2D eigenvalue weighted by Crippen LogP contribution is 2.43. The Bertz CT molecular complexity index is 1280. The number of aryl methyl sites for hydroxylation is 1. The first-order chi connectivity index (χ1) is 18.1. The summed E-state index contributed by atoms with van der Waals surface area (Å²) in [6.07, 6.45) is 3.86. The van der Waals surface area contributed by atoms with Crippen LogP contribution < -0.4 is 9.68 Å². The Kier molecular flexibility index (Phi) is 8.06. The predicted molar refractivity (Wildman–Crippen MR) is 141 cm³/mol. The van der Waals surface area contributed by atoms with Gasteiger partial charge in [-0.25, -0.2) is 4.39 Å². The molecule has 1 atom stereocenters. The van der Waals surface area contributed by atoms with Crippen molar-refractivity contribution in [3.05, 3.63) is 93.8 Å². The van der Waals surface area contributed by atoms with Gasteiger partial charge in [-0.05, 0) is 102 Å². The molecule has 3 aromatic rings. The lowest BCUT2D eigenvalue weighted by Gasteiger charge is -2.19. The van der Waals surface area contributed by atoms with E-state index >= 15 is 0 Å². The topological polar surface area (TPSA) is 21.7 Å². The predicted octanol–water partition coefficient (Wildman–Crippen LogP) is 7.85. The van der Waals surface area contributed by atoms with Crippen molar-refractivity contribution in [2.45, 2.75) is 38.2 Å². The van der Waals surface area contributed by atoms with Crippen LogP contribution in [-0.4, -0.2) is 37.3 Å². The number of benzene rings is 3. The summed E-state index contributed by atoms with van der Waals surface area (Å²) in [6, 6.07) is 17.7. The third-order valence-electron chi connectivity index (χ3n) is 7.15. The van der Waals surface area contributed by atoms with Gasteiger partial charge in [-0.1, -0.05) is 35.9 Å². The Morgan fingerprint density at radius 2 is 1.73 bits per heavy atom. The van der Waals surface area contributed by atoms with E-state index in [1.807, 2.05) is 30.3 Å². The van der Waals surface area contributed by atoms with E-state index in [-0.39, 0.29) is 24.3 Å². The van der Waals surface area contributed by atoms with Gasteiger partial charge in [0.1, 0.15) is 17.7 Å². The van der Waals surface area contributed by atoms with Gasteiger partial charge in [0.25, 0.3) is 0 Å². The Balaban J connectivity index is 1.49. The van der Waals surface area contributed by atoms with Crippen molar-refractivity contribution in [3.63, 3.8) is 0 Å². The van der Waals surface area contributed by atoms with Crippen LogP contribution in [0.5, 0.6) is 11.5 Å². The second-order valence-electron chi connectivity index (χ2n) is 9.62. The first-order valence-electron chi connectivity index (χ1n) is 12.7. The van der Waals surface area contributed by atoms with E-state index in [0.29, 0.717) is 11.4 Å². The van der Waals surface area contributed by atoms with Crippen molar-refractivity contribution in [3.8, 4) is 11.5 Å². The average Bonchev–Trinajstić information content (AvgIpc) is 3.26. The molecule has 0 bridgehead atoms. The molecule has 3 aromatic carbocycles. The molecule has 194 valence electrons. The standard InChI is InChI=1S/C30H29ClF3NO2/c31-29-18-22(33)7-11-27(29)28-4-1-3-21-17-24(37-34)10-12-26(21)30(28)20-5-8-23(9-6-20)36-25-13-16-35(19-25)15-2-14-32/h5-12,17-18,25H,1-4,13-16,19H2/t25-/m0/s1. The minimum absolute atomic E-state index is 0.0796. The highest BCUT2D eigenvalue weighted by atomic mass is 35.5. The molecular weight excluding hydrogens is 499 g/mol. The molecule has 5 rings (SSSR count). The maximum absolute atomic E-state index is 13.9. The number of alkyl halides is 1. The molecule has 0 unspecified atom stereocenters. The molecular formula is C30H29ClF3NO2. The van der Waals surface area contributed by atoms with E-state index in [1.54, 1.807) is 18.2 Å². The molecule has 7 heteroatoms. The molecule has 1 heterocycles. The summed E-state index contributed by atoms with van der Waals surface area (Å²) < 4.78 is 45.5. The van der Waals surface area contributed by atoms with Crippen LogP contribution in [0.15, 0.2) is 60.7 Å². The number of halogens is 4. The number of allylic oxidation sites excluding steroid dienone is 1. The van der Waals surface area contributed by atoms with Crippen molar-refractivity contribution < 1.29 is 23.0 Å². The second kappa shape index (κ2) is 11.6. The van der Waals surface area contributed by atoms with E-state index in [9.17, 15) is 13.3 Å². The molecule has 1 fully saturated rings. The van der Waals surface area contributed by atoms with Crippen molar-refractivity contribution in [2.75, 3.05) is 26.3 Å². The zero-order chi connectivity index (χ0) is 25.8. The van der Waals surface area contributed by atoms with E-state index < -0.39 is 0 Å². The molecule has 3 nitrogen and oxygen atoms in total. The molecule has 1 aliphatic carbocycles. The monoisotopic (exact) mass is 527 g/mol. The largest absolute Gasteiger partial charge is 0.489 e. The summed E-state index contributed by atoms with van der Waals surface area (Å²) in [5, 5.41) is 0.359. The molecule has 1 saturated heterocycles. The summed E-state index contributed by atoms with van der Waals surface area (Å²) in [4.78, 5) is 6.23. The number of ether oxygens (including phenoxy) is 1. The Morgan fingerprint density at radius 1 is 0.946 bits per heavy atom. The summed E-state index contributed by atoms with van der Waals surface area (Å²) in [7, 11) is 0. The summed E-state index contributed by atoms with van der Waals surface area (Å²) >= 11 is 6.52. The van der Waals surface area contributed by atoms with Gasteiger partial charge in [-0.3, -0.25) is 14.2 Å². The third-order valence-corrected chi connectivity index (χ3v) is 7.46. The SMILES string of the molecule is FCCCN1CC[C@H](Oc2ccc(C3=C(c4ccc(F)cc4Cl)CCCc4cc(OF)ccc43)cc2)C1. The highest BCUT2D eigenvalue weighted by Gasteiger charge is 2.25. The van der Waals surface area contributed by atoms with Crippen molar-refractivity contribution in [2.24, 2.45) is 0 Å². The van der Waals surface area contributed by atoms with Crippen molar-refractivity contribution in [1.82, 2.24) is 4.90 Å². The Hall–Kier alpha value is -2.96. The van der Waals surface area contributed by atoms with Crippen LogP contribution in [0.25, 0.3) is 11.1 Å². The lowest BCUT2D eigenvalue weighted by Crippen LogP contribution is -2.26. The van der Waals surface area contributed by atoms with Crippen LogP contribution in [0.4, 0.5) is 13.3 Å². The molecule has 2 aliphatic rings. The van der Waals surface area contributed by atoms with Crippen LogP contribution >= 0.6 is 11.6 Å². The van der Waals surface area contributed by atoms with Crippen molar-refractivity contribution >= 4 is 22.7 Å². The lowest BCUT2D eigenvalue weighted by atomic mass is 9.87. The number of rotatable bonds is 8. The van der Waals surface area contributed by atoms with Crippen LogP contribution in [0, 0.1) is 5.82 Å². The molecule has 0 aromatic heterocycles. The van der Waals surface area contributed by atoms with Crippen LogP contribution in [0.2, 0.25) is 5.02 Å². The van der Waals surface area contributed by atoms with Crippen LogP contribution in [0.1, 0.15) is 47.9 Å². The quantitative estimate of drug-likeness (QED) is 0.298. The first kappa shape index (κ1) is 25.7. The zero-order valence-corrected chi connectivity index (χ0v) is 21.2. The third kappa shape index (κ3) is 5.81. The summed E-state index contributed by atoms with van der Waals surface area (Å²) in [5.41, 5.74) is 5.72. The minimum Gasteiger partial charge on any atom is -0.489 e. The van der Waals surface area contributed by atoms with Gasteiger partial charge >= 0.3 is 0 Å². The Morgan fingerprint density at radius 3 is 2.49 bits per heavy atom. The minimum atomic E-state index is -0.383. The molecule has 0 amide bonds. The normalized spacial score (nSPS) is 18.0. The van der Waals surface area contributed by atoms with E-state index in [2.05, 4.69) is 9.84 Å². The molecule has 37 heavy (non-hydrogen) atoms. The van der Waals surface area contributed by atoms with E-state index in [4.69, 9.17) is 16.3 Å². The lowest BCUT2D eigenvalue weighted by molar-refractivity contribution is -0.00629. The fraction of sp³-hybridized carbons (Fsp3) is 0.333. The van der Waals surface area contributed by atoms with Gasteiger partial charge in [0.05, 0.1) is 11.7 Å². The fourth-order valence-electron chi connectivity index (χ4n) is 5.42.